The summed E-state index contributed by atoms with van der Waals surface area (Å²) in [5.74, 6) is 0.900. The molecule has 1 aromatic carbocycles. The number of carbonyl (C=O) groups is 1. The van der Waals surface area contributed by atoms with Crippen LogP contribution in [-0.2, 0) is 30.4 Å². The van der Waals surface area contributed by atoms with E-state index in [2.05, 4.69) is 27.4 Å². The van der Waals surface area contributed by atoms with Crippen molar-refractivity contribution in [2.45, 2.75) is 118 Å². The van der Waals surface area contributed by atoms with Crippen molar-refractivity contribution < 1.29 is 35.3 Å². The lowest BCUT2D eigenvalue weighted by Crippen LogP contribution is -2.65. The van der Waals surface area contributed by atoms with Crippen LogP contribution in [0.3, 0.4) is 0 Å². The summed E-state index contributed by atoms with van der Waals surface area (Å²) in [5.41, 5.74) is -5.95. The summed E-state index contributed by atoms with van der Waals surface area (Å²) >= 11 is 0. The molecule has 9 heteroatoms. The van der Waals surface area contributed by atoms with Gasteiger partial charge in [0.2, 0.25) is 0 Å². The zero-order valence-electron chi connectivity index (χ0n) is 28.9. The van der Waals surface area contributed by atoms with Crippen molar-refractivity contribution in [2.75, 3.05) is 0 Å². The van der Waals surface area contributed by atoms with Crippen molar-refractivity contribution in [3.63, 3.8) is 0 Å². The maximum Gasteiger partial charge on any atom is 0.534 e. The Bertz CT molecular complexity index is 1490. The molecule has 8 atom stereocenters. The monoisotopic (exact) mass is 678 g/mol. The average molecular weight is 679 g/mol. The van der Waals surface area contributed by atoms with Gasteiger partial charge in [-0.05, 0) is 116 Å². The highest BCUT2D eigenvalue weighted by Crippen LogP contribution is 2.77. The molecule has 0 saturated heterocycles. The van der Waals surface area contributed by atoms with Gasteiger partial charge in [-0.2, -0.15) is 21.6 Å². The molecule has 4 fully saturated rings. The molecule has 0 bridgehead atoms. The van der Waals surface area contributed by atoms with Gasteiger partial charge in [-0.1, -0.05) is 77.4 Å². The van der Waals surface area contributed by atoms with Gasteiger partial charge < -0.3 is 8.92 Å². The normalized spacial score (nSPS) is 39.0. The van der Waals surface area contributed by atoms with Crippen LogP contribution in [0.15, 0.2) is 54.8 Å². The van der Waals surface area contributed by atoms with Gasteiger partial charge >= 0.3 is 21.6 Å². The molecule has 0 aliphatic heterocycles. The molecule has 7 unspecified atom stereocenters. The summed E-state index contributed by atoms with van der Waals surface area (Å²) in [4.78, 5) is 13.9. The van der Waals surface area contributed by atoms with Crippen molar-refractivity contribution in [2.24, 2.45) is 50.7 Å². The summed E-state index contributed by atoms with van der Waals surface area (Å²) in [6, 6.07) is 9.85. The molecule has 0 aromatic heterocycles. The van der Waals surface area contributed by atoms with Crippen LogP contribution < -0.4 is 0 Å². The first-order chi connectivity index (χ1) is 21.8. The lowest BCUT2D eigenvalue weighted by atomic mass is 9.33. The third-order valence-corrected chi connectivity index (χ3v) is 14.9. The minimum atomic E-state index is -5.73. The van der Waals surface area contributed by atoms with Crippen LogP contribution in [0.4, 0.5) is 13.2 Å². The van der Waals surface area contributed by atoms with Crippen LogP contribution in [-0.4, -0.2) is 19.9 Å². The number of alkyl halides is 3. The Labute approximate surface area is 279 Å². The second kappa shape index (κ2) is 12.2. The number of fused-ring (bicyclic) bond motifs is 7. The zero-order valence-corrected chi connectivity index (χ0v) is 29.7. The molecular weight excluding hydrogens is 625 g/mol. The molecule has 5 nitrogen and oxygen atoms in total. The van der Waals surface area contributed by atoms with Crippen molar-refractivity contribution in [3.8, 4) is 0 Å². The Kier molecular flexibility index (Phi) is 9.38. The Balaban J connectivity index is 0.00000139. The molecule has 6 rings (SSSR count). The number of halogens is 3. The van der Waals surface area contributed by atoms with Crippen molar-refractivity contribution in [1.82, 2.24) is 0 Å². The van der Waals surface area contributed by atoms with E-state index < -0.39 is 26.5 Å². The minimum absolute atomic E-state index is 0.00974. The number of ether oxygens (including phenoxy) is 1. The third kappa shape index (κ3) is 5.58. The van der Waals surface area contributed by atoms with E-state index in [1.54, 1.807) is 12.2 Å². The summed E-state index contributed by atoms with van der Waals surface area (Å²) < 4.78 is 74.5. The molecule has 1 aromatic rings. The van der Waals surface area contributed by atoms with Gasteiger partial charge in [0.1, 0.15) is 12.4 Å². The van der Waals surface area contributed by atoms with E-state index in [1.807, 2.05) is 51.1 Å². The van der Waals surface area contributed by atoms with Gasteiger partial charge in [-0.15, -0.1) is 6.58 Å². The zero-order chi connectivity index (χ0) is 34.7. The summed E-state index contributed by atoms with van der Waals surface area (Å²) in [7, 11) is -5.73. The number of hydrogen-bond acceptors (Lipinski definition) is 5. The van der Waals surface area contributed by atoms with Crippen LogP contribution >= 0.6 is 0 Å². The topological polar surface area (TPSA) is 69.7 Å². The van der Waals surface area contributed by atoms with Gasteiger partial charge in [-0.3, -0.25) is 4.79 Å². The molecule has 0 radical (unpaired) electrons. The fourth-order valence-electron chi connectivity index (χ4n) is 11.7. The number of benzene rings is 1. The Hall–Kier alpha value is -2.29. The van der Waals surface area contributed by atoms with E-state index in [-0.39, 0.29) is 33.9 Å². The van der Waals surface area contributed by atoms with Gasteiger partial charge in [0.05, 0.1) is 5.41 Å². The number of allylic oxidation sites excluding steroid dienone is 3. The van der Waals surface area contributed by atoms with Crippen LogP contribution in [0.2, 0.25) is 0 Å². The van der Waals surface area contributed by atoms with E-state index in [9.17, 15) is 26.4 Å². The van der Waals surface area contributed by atoms with Crippen molar-refractivity contribution in [1.29, 1.82) is 0 Å². The predicted octanol–water partition coefficient (Wildman–Crippen LogP) is 10.1. The molecule has 0 heterocycles. The van der Waals surface area contributed by atoms with Gasteiger partial charge in [0, 0.05) is 5.41 Å². The number of rotatable bonds is 5. The summed E-state index contributed by atoms with van der Waals surface area (Å²) in [5, 5.41) is 0. The van der Waals surface area contributed by atoms with E-state index in [4.69, 9.17) is 8.92 Å². The van der Waals surface area contributed by atoms with E-state index in [0.717, 1.165) is 63.4 Å². The van der Waals surface area contributed by atoms with Crippen LogP contribution in [0.5, 0.6) is 0 Å². The highest BCUT2D eigenvalue weighted by Gasteiger charge is 2.71. The van der Waals surface area contributed by atoms with Crippen LogP contribution in [0.25, 0.3) is 0 Å². The average Bonchev–Trinajstić information content (AvgIpc) is 3.44. The maximum atomic E-state index is 13.9. The molecule has 0 spiro atoms. The Morgan fingerprint density at radius 1 is 0.915 bits per heavy atom. The highest BCUT2D eigenvalue weighted by atomic mass is 32.2. The smallest absolute Gasteiger partial charge is 0.460 e. The Morgan fingerprint density at radius 2 is 1.57 bits per heavy atom. The standard InChI is InChI=1S/C35H47F3O5S.C3H6/c1-30(2)26-15-19-33(5)27(31(26,3)18-16-28(30)43-44(40,41)35(36,37)38)14-13-24-25-12-9-17-34(25,21-20-32(24,33)4)29(39)42-22-23-10-7-6-8-11-23;1-3-2/h6-8,10-11,16,24-27H,9,12-15,17-22H2,1-5H3;3H,1H2,2H3/t24?,25?,26?,27?,31?,32-,33?,34?;/m1./s1. The van der Waals surface area contributed by atoms with Crippen molar-refractivity contribution in [3.05, 3.63) is 60.4 Å². The molecule has 5 aliphatic carbocycles. The number of esters is 1. The number of carbonyl (C=O) groups excluding carboxylic acids is 1. The quantitative estimate of drug-likeness (QED) is 0.134. The first-order valence-corrected chi connectivity index (χ1v) is 18.7. The fourth-order valence-corrected chi connectivity index (χ4v) is 12.3. The Morgan fingerprint density at radius 3 is 2.21 bits per heavy atom. The van der Waals surface area contributed by atoms with E-state index in [1.165, 1.54) is 0 Å². The van der Waals surface area contributed by atoms with E-state index in [0.29, 0.717) is 30.8 Å². The number of hydrogen-bond donors (Lipinski definition) is 0. The maximum absolute atomic E-state index is 13.9. The predicted molar refractivity (Wildman–Crippen MR) is 177 cm³/mol. The molecule has 4 saturated carbocycles. The second-order valence-electron chi connectivity index (χ2n) is 16.3. The SMILES string of the molecule is C=CC.CC1(C)C(OS(=O)(=O)C(F)(F)F)=CCC2(C)C1CCC1(C)C2CCC2C3CCCC3(C(=O)OCc3ccccc3)CC[C@]21C. The molecule has 0 N–H and O–H groups in total. The minimum Gasteiger partial charge on any atom is -0.460 e. The molecule has 47 heavy (non-hydrogen) atoms. The lowest BCUT2D eigenvalue weighted by Gasteiger charge is -2.71. The highest BCUT2D eigenvalue weighted by molar-refractivity contribution is 7.87. The fraction of sp³-hybridized carbons (Fsp3) is 0.711. The van der Waals surface area contributed by atoms with Crippen LogP contribution in [0.1, 0.15) is 111 Å². The van der Waals surface area contributed by atoms with Crippen LogP contribution in [0, 0.1) is 50.7 Å². The second-order valence-corrected chi connectivity index (χ2v) is 17.8. The largest absolute Gasteiger partial charge is 0.534 e. The molecular formula is C38H53F3O5S. The van der Waals surface area contributed by atoms with Gasteiger partial charge in [-0.25, -0.2) is 0 Å². The summed E-state index contributed by atoms with van der Waals surface area (Å²) in [6.45, 7) is 16.4. The van der Waals surface area contributed by atoms with Crippen molar-refractivity contribution >= 4 is 16.1 Å². The van der Waals surface area contributed by atoms with Gasteiger partial charge in [0.15, 0.2) is 0 Å². The first-order valence-electron chi connectivity index (χ1n) is 17.3. The molecule has 5 aliphatic rings. The molecule has 0 amide bonds. The third-order valence-electron chi connectivity index (χ3n) is 14.0. The molecule has 262 valence electrons. The first kappa shape index (κ1) is 36.0. The lowest BCUT2D eigenvalue weighted by molar-refractivity contribution is -0.229. The summed E-state index contributed by atoms with van der Waals surface area (Å²) in [6.07, 6.45) is 12.4. The van der Waals surface area contributed by atoms with E-state index >= 15 is 0 Å². The van der Waals surface area contributed by atoms with Gasteiger partial charge in [0.25, 0.3) is 0 Å².